The standard InChI is InChI=1S/C49H31NOS/c1-3-15-32(16-4-1)49(33-17-5-2-6-18-33)39-22-10-7-19-35(39)38-31-34(29-30-40(38)49)50(41-23-13-26-44-47(41)36-20-8-11-25-43(36)51-44)42-24-14-28-46-48(42)37-21-9-12-27-45(37)52-46/h1-31H. The van der Waals surface area contributed by atoms with Crippen LogP contribution in [0.15, 0.2) is 192 Å². The minimum absolute atomic E-state index is 0.456. The number of benzene rings is 8. The molecular formula is C49H31NOS. The van der Waals surface area contributed by atoms with E-state index in [0.29, 0.717) is 0 Å². The van der Waals surface area contributed by atoms with E-state index in [1.807, 2.05) is 17.4 Å². The second-order valence-corrected chi connectivity index (χ2v) is 14.7. The van der Waals surface area contributed by atoms with Crippen molar-refractivity contribution in [1.29, 1.82) is 0 Å². The van der Waals surface area contributed by atoms with E-state index in [0.717, 1.165) is 39.0 Å². The molecule has 0 unspecified atom stereocenters. The van der Waals surface area contributed by atoms with Crippen LogP contribution < -0.4 is 4.90 Å². The van der Waals surface area contributed by atoms with Gasteiger partial charge in [-0.3, -0.25) is 0 Å². The van der Waals surface area contributed by atoms with Crippen molar-refractivity contribution in [1.82, 2.24) is 0 Å². The summed E-state index contributed by atoms with van der Waals surface area (Å²) in [5.74, 6) is 0. The molecule has 2 nitrogen and oxygen atoms in total. The van der Waals surface area contributed by atoms with E-state index in [1.54, 1.807) is 0 Å². The van der Waals surface area contributed by atoms with E-state index in [2.05, 4.69) is 187 Å². The van der Waals surface area contributed by atoms with Gasteiger partial charge in [-0.2, -0.15) is 0 Å². The smallest absolute Gasteiger partial charge is 0.137 e. The molecule has 52 heavy (non-hydrogen) atoms. The van der Waals surface area contributed by atoms with E-state index in [-0.39, 0.29) is 0 Å². The Kier molecular flexibility index (Phi) is 6.37. The molecule has 244 valence electrons. The average Bonchev–Trinajstić information content (AvgIpc) is 3.88. The molecule has 0 fully saturated rings. The number of rotatable bonds is 5. The van der Waals surface area contributed by atoms with Crippen LogP contribution in [0.1, 0.15) is 22.3 Å². The maximum atomic E-state index is 6.48. The quantitative estimate of drug-likeness (QED) is 0.180. The molecule has 2 heterocycles. The van der Waals surface area contributed by atoms with Crippen molar-refractivity contribution in [2.45, 2.75) is 5.41 Å². The molecule has 1 aliphatic carbocycles. The number of furan rings is 1. The summed E-state index contributed by atoms with van der Waals surface area (Å²) in [6, 6.07) is 68.5. The van der Waals surface area contributed by atoms with Crippen LogP contribution in [0.3, 0.4) is 0 Å². The predicted molar refractivity (Wildman–Crippen MR) is 219 cm³/mol. The molecule has 0 atom stereocenters. The lowest BCUT2D eigenvalue weighted by Crippen LogP contribution is -2.28. The maximum absolute atomic E-state index is 6.48. The van der Waals surface area contributed by atoms with Gasteiger partial charge in [0.25, 0.3) is 0 Å². The summed E-state index contributed by atoms with van der Waals surface area (Å²) in [6.07, 6.45) is 0. The highest BCUT2D eigenvalue weighted by atomic mass is 32.1. The molecular weight excluding hydrogens is 651 g/mol. The minimum Gasteiger partial charge on any atom is -0.456 e. The fraction of sp³-hybridized carbons (Fsp3) is 0.0204. The molecule has 0 bridgehead atoms. The van der Waals surface area contributed by atoms with Gasteiger partial charge in [0.05, 0.1) is 22.2 Å². The molecule has 0 radical (unpaired) electrons. The van der Waals surface area contributed by atoms with Crippen LogP contribution in [0.25, 0.3) is 53.2 Å². The summed E-state index contributed by atoms with van der Waals surface area (Å²) < 4.78 is 9.04. The van der Waals surface area contributed by atoms with Gasteiger partial charge in [-0.25, -0.2) is 0 Å². The van der Waals surface area contributed by atoms with Crippen molar-refractivity contribution in [3.8, 4) is 11.1 Å². The molecule has 2 aromatic heterocycles. The Bertz CT molecular complexity index is 2820. The molecule has 3 heteroatoms. The highest BCUT2D eigenvalue weighted by Crippen LogP contribution is 2.58. The molecule has 0 saturated carbocycles. The number of para-hydroxylation sites is 1. The highest BCUT2D eigenvalue weighted by molar-refractivity contribution is 7.26. The molecule has 1 aliphatic rings. The first kappa shape index (κ1) is 29.3. The monoisotopic (exact) mass is 681 g/mol. The van der Waals surface area contributed by atoms with Crippen molar-refractivity contribution < 1.29 is 4.42 Å². The third-order valence-electron chi connectivity index (χ3n) is 10.9. The topological polar surface area (TPSA) is 16.4 Å². The fourth-order valence-electron chi connectivity index (χ4n) is 8.87. The second kappa shape index (κ2) is 11.3. The van der Waals surface area contributed by atoms with Crippen LogP contribution in [0.5, 0.6) is 0 Å². The number of hydrogen-bond donors (Lipinski definition) is 0. The predicted octanol–water partition coefficient (Wildman–Crippen LogP) is 13.8. The van der Waals surface area contributed by atoms with Crippen LogP contribution in [-0.2, 0) is 5.41 Å². The summed E-state index contributed by atoms with van der Waals surface area (Å²) in [6.45, 7) is 0. The van der Waals surface area contributed by atoms with Gasteiger partial charge in [-0.15, -0.1) is 11.3 Å². The summed E-state index contributed by atoms with van der Waals surface area (Å²) in [5.41, 5.74) is 12.3. The highest BCUT2D eigenvalue weighted by Gasteiger charge is 2.46. The fourth-order valence-corrected chi connectivity index (χ4v) is 10.00. The van der Waals surface area contributed by atoms with E-state index in [4.69, 9.17) is 4.42 Å². The number of fused-ring (bicyclic) bond motifs is 9. The van der Waals surface area contributed by atoms with Crippen LogP contribution in [0.4, 0.5) is 17.1 Å². The molecule has 8 aromatic carbocycles. The Balaban J connectivity index is 1.25. The van der Waals surface area contributed by atoms with Crippen molar-refractivity contribution in [2.24, 2.45) is 0 Å². The number of nitrogens with zero attached hydrogens (tertiary/aromatic N) is 1. The third-order valence-corrected chi connectivity index (χ3v) is 12.1. The van der Waals surface area contributed by atoms with Crippen LogP contribution in [0, 0.1) is 0 Å². The van der Waals surface area contributed by atoms with Gasteiger partial charge in [0.15, 0.2) is 0 Å². The lowest BCUT2D eigenvalue weighted by Gasteiger charge is -2.34. The SMILES string of the molecule is c1ccc(C2(c3ccccc3)c3ccccc3-c3cc(N(c4cccc5oc6ccccc6c45)c4cccc5sc6ccccc6c45)ccc32)cc1. The second-order valence-electron chi connectivity index (χ2n) is 13.6. The van der Waals surface area contributed by atoms with Crippen molar-refractivity contribution in [3.63, 3.8) is 0 Å². The van der Waals surface area contributed by atoms with Gasteiger partial charge in [0, 0.05) is 31.2 Å². The zero-order valence-corrected chi connectivity index (χ0v) is 29.0. The Morgan fingerprint density at radius 1 is 0.423 bits per heavy atom. The summed E-state index contributed by atoms with van der Waals surface area (Å²) in [5, 5.41) is 4.75. The van der Waals surface area contributed by atoms with E-state index in [9.17, 15) is 0 Å². The van der Waals surface area contributed by atoms with Gasteiger partial charge < -0.3 is 9.32 Å². The Labute approximate surface area is 305 Å². The Hall–Kier alpha value is -6.42. The average molecular weight is 682 g/mol. The van der Waals surface area contributed by atoms with E-state index < -0.39 is 5.41 Å². The van der Waals surface area contributed by atoms with Gasteiger partial charge in [-0.1, -0.05) is 140 Å². The lowest BCUT2D eigenvalue weighted by atomic mass is 9.68. The van der Waals surface area contributed by atoms with Crippen LogP contribution >= 0.6 is 11.3 Å². The first-order valence-electron chi connectivity index (χ1n) is 17.8. The van der Waals surface area contributed by atoms with Crippen molar-refractivity contribution in [2.75, 3.05) is 4.90 Å². The van der Waals surface area contributed by atoms with Gasteiger partial charge in [-0.05, 0) is 81.9 Å². The largest absolute Gasteiger partial charge is 0.456 e. The first-order chi connectivity index (χ1) is 25.8. The summed E-state index contributed by atoms with van der Waals surface area (Å²) >= 11 is 1.85. The molecule has 0 amide bonds. The van der Waals surface area contributed by atoms with Crippen molar-refractivity contribution >= 4 is 70.5 Å². The molecule has 0 spiro atoms. The number of anilines is 3. The van der Waals surface area contributed by atoms with Crippen molar-refractivity contribution in [3.05, 3.63) is 210 Å². The molecule has 10 aromatic rings. The Morgan fingerprint density at radius 3 is 1.83 bits per heavy atom. The number of hydrogen-bond acceptors (Lipinski definition) is 3. The number of thiophene rings is 1. The van der Waals surface area contributed by atoms with Gasteiger partial charge >= 0.3 is 0 Å². The van der Waals surface area contributed by atoms with E-state index in [1.165, 1.54) is 53.6 Å². The molecule has 0 aliphatic heterocycles. The van der Waals surface area contributed by atoms with Crippen LogP contribution in [-0.4, -0.2) is 0 Å². The normalized spacial score (nSPS) is 13.2. The zero-order chi connectivity index (χ0) is 34.2. The summed E-state index contributed by atoms with van der Waals surface area (Å²) in [4.78, 5) is 2.47. The first-order valence-corrected chi connectivity index (χ1v) is 18.6. The van der Waals surface area contributed by atoms with E-state index >= 15 is 0 Å². The minimum atomic E-state index is -0.456. The van der Waals surface area contributed by atoms with Gasteiger partial charge in [0.1, 0.15) is 11.2 Å². The maximum Gasteiger partial charge on any atom is 0.137 e. The lowest BCUT2D eigenvalue weighted by molar-refractivity contribution is 0.669. The molecule has 0 N–H and O–H groups in total. The Morgan fingerprint density at radius 2 is 1.02 bits per heavy atom. The van der Waals surface area contributed by atoms with Gasteiger partial charge in [0.2, 0.25) is 0 Å². The zero-order valence-electron chi connectivity index (χ0n) is 28.2. The summed E-state index contributed by atoms with van der Waals surface area (Å²) in [7, 11) is 0. The van der Waals surface area contributed by atoms with Crippen LogP contribution in [0.2, 0.25) is 0 Å². The molecule has 11 rings (SSSR count). The molecule has 0 saturated heterocycles. The third kappa shape index (κ3) is 4.06.